The van der Waals surface area contributed by atoms with E-state index in [1.165, 1.54) is 0 Å². The zero-order chi connectivity index (χ0) is 8.43. The van der Waals surface area contributed by atoms with Crippen LogP contribution in [0.25, 0.3) is 0 Å². The summed E-state index contributed by atoms with van der Waals surface area (Å²) in [5.41, 5.74) is 0. The molecule has 11 heavy (non-hydrogen) atoms. The predicted molar refractivity (Wildman–Crippen MR) is 43.3 cm³/mol. The summed E-state index contributed by atoms with van der Waals surface area (Å²) in [4.78, 5) is 10.7. The first-order valence-corrected chi connectivity index (χ1v) is 4.34. The number of rotatable bonds is 1. The summed E-state index contributed by atoms with van der Waals surface area (Å²) >= 11 is 0. The maximum absolute atomic E-state index is 10.7. The van der Waals surface area contributed by atoms with Crippen molar-refractivity contribution in [1.82, 2.24) is 0 Å². The maximum Gasteiger partial charge on any atom is 0.306 e. The zero-order valence-electron chi connectivity index (χ0n) is 7.21. The lowest BCUT2D eigenvalue weighted by atomic mass is 9.76. The van der Waals surface area contributed by atoms with E-state index in [9.17, 15) is 4.79 Å². The molecule has 0 radical (unpaired) electrons. The van der Waals surface area contributed by atoms with E-state index in [-0.39, 0.29) is 5.92 Å². The summed E-state index contributed by atoms with van der Waals surface area (Å²) in [6.07, 6.45) is 3.04. The number of carboxylic acids is 1. The molecule has 1 rings (SSSR count). The third-order valence-electron chi connectivity index (χ3n) is 2.75. The molecule has 1 saturated carbocycles. The highest BCUT2D eigenvalue weighted by atomic mass is 16.4. The van der Waals surface area contributed by atoms with Crippen molar-refractivity contribution < 1.29 is 9.90 Å². The minimum atomic E-state index is -0.607. The van der Waals surface area contributed by atoms with E-state index in [4.69, 9.17) is 5.11 Å². The fraction of sp³-hybridized carbons (Fsp3) is 0.889. The standard InChI is InChI=1S/C9H16O2/c1-6-3-4-8(9(10)11)7(2)5-6/h6-8H,3-5H2,1-2H3,(H,10,11)/t6-,7+,8+/m0/s1. The van der Waals surface area contributed by atoms with Gasteiger partial charge in [-0.25, -0.2) is 0 Å². The molecule has 0 spiro atoms. The van der Waals surface area contributed by atoms with Crippen LogP contribution in [-0.4, -0.2) is 11.1 Å². The molecule has 1 fully saturated rings. The summed E-state index contributed by atoms with van der Waals surface area (Å²) in [7, 11) is 0. The molecule has 0 aromatic rings. The molecule has 0 bridgehead atoms. The van der Waals surface area contributed by atoms with Crippen LogP contribution in [0.1, 0.15) is 33.1 Å². The van der Waals surface area contributed by atoms with Gasteiger partial charge in [0.25, 0.3) is 0 Å². The van der Waals surface area contributed by atoms with Crippen molar-refractivity contribution in [1.29, 1.82) is 0 Å². The smallest absolute Gasteiger partial charge is 0.306 e. The van der Waals surface area contributed by atoms with Crippen molar-refractivity contribution in [3.8, 4) is 0 Å². The number of aliphatic carboxylic acids is 1. The van der Waals surface area contributed by atoms with Gasteiger partial charge >= 0.3 is 5.97 Å². The molecule has 0 aromatic heterocycles. The fourth-order valence-corrected chi connectivity index (χ4v) is 2.03. The van der Waals surface area contributed by atoms with E-state index in [0.29, 0.717) is 5.92 Å². The molecule has 64 valence electrons. The second-order valence-corrected chi connectivity index (χ2v) is 3.84. The Labute approximate surface area is 67.6 Å². The Kier molecular flexibility index (Phi) is 2.53. The van der Waals surface area contributed by atoms with Crippen molar-refractivity contribution in [2.45, 2.75) is 33.1 Å². The molecular formula is C9H16O2. The molecule has 2 nitrogen and oxygen atoms in total. The number of carbonyl (C=O) groups is 1. The molecule has 0 aliphatic heterocycles. The molecule has 0 amide bonds. The Hall–Kier alpha value is -0.530. The van der Waals surface area contributed by atoms with E-state index < -0.39 is 5.97 Å². The minimum absolute atomic E-state index is 0.0776. The number of hydrogen-bond donors (Lipinski definition) is 1. The van der Waals surface area contributed by atoms with Gasteiger partial charge in [-0.1, -0.05) is 13.8 Å². The lowest BCUT2D eigenvalue weighted by Crippen LogP contribution is -2.27. The van der Waals surface area contributed by atoms with Crippen LogP contribution in [0, 0.1) is 17.8 Å². The first kappa shape index (κ1) is 8.57. The van der Waals surface area contributed by atoms with Crippen LogP contribution in [0.15, 0.2) is 0 Å². The Morgan fingerprint density at radius 2 is 2.00 bits per heavy atom. The number of carboxylic acid groups (broad SMARTS) is 1. The SMILES string of the molecule is C[C@H]1CC[C@@H](C(=O)O)[C@H](C)C1. The molecule has 0 aromatic carbocycles. The molecule has 0 unspecified atom stereocenters. The van der Waals surface area contributed by atoms with Crippen LogP contribution in [0.2, 0.25) is 0 Å². The van der Waals surface area contributed by atoms with Gasteiger partial charge in [0, 0.05) is 0 Å². The van der Waals surface area contributed by atoms with E-state index in [0.717, 1.165) is 25.2 Å². The normalized spacial score (nSPS) is 38.5. The molecule has 3 atom stereocenters. The van der Waals surface area contributed by atoms with Crippen molar-refractivity contribution in [2.24, 2.45) is 17.8 Å². The minimum Gasteiger partial charge on any atom is -0.481 e. The van der Waals surface area contributed by atoms with Gasteiger partial charge < -0.3 is 5.11 Å². The first-order valence-electron chi connectivity index (χ1n) is 4.34. The van der Waals surface area contributed by atoms with Gasteiger partial charge in [0.15, 0.2) is 0 Å². The van der Waals surface area contributed by atoms with Crippen LogP contribution in [0.5, 0.6) is 0 Å². The highest BCUT2D eigenvalue weighted by molar-refractivity contribution is 5.70. The summed E-state index contributed by atoms with van der Waals surface area (Å²) in [6.45, 7) is 4.25. The van der Waals surface area contributed by atoms with Gasteiger partial charge in [-0.15, -0.1) is 0 Å². The molecule has 2 heteroatoms. The van der Waals surface area contributed by atoms with E-state index in [1.54, 1.807) is 0 Å². The lowest BCUT2D eigenvalue weighted by Gasteiger charge is -2.29. The Morgan fingerprint density at radius 1 is 1.36 bits per heavy atom. The van der Waals surface area contributed by atoms with Gasteiger partial charge in [0.2, 0.25) is 0 Å². The second-order valence-electron chi connectivity index (χ2n) is 3.84. The maximum atomic E-state index is 10.7. The zero-order valence-corrected chi connectivity index (χ0v) is 7.21. The van der Waals surface area contributed by atoms with Crippen molar-refractivity contribution in [3.63, 3.8) is 0 Å². The fourth-order valence-electron chi connectivity index (χ4n) is 2.03. The third-order valence-corrected chi connectivity index (χ3v) is 2.75. The van der Waals surface area contributed by atoms with Crippen LogP contribution >= 0.6 is 0 Å². The van der Waals surface area contributed by atoms with Crippen molar-refractivity contribution >= 4 is 5.97 Å². The predicted octanol–water partition coefficient (Wildman–Crippen LogP) is 2.14. The summed E-state index contributed by atoms with van der Waals surface area (Å²) < 4.78 is 0. The Balaban J connectivity index is 2.50. The molecule has 1 aliphatic rings. The summed E-state index contributed by atoms with van der Waals surface area (Å²) in [5.74, 6) is 0.410. The van der Waals surface area contributed by atoms with Gasteiger partial charge in [0.05, 0.1) is 5.92 Å². The molecule has 0 saturated heterocycles. The quantitative estimate of drug-likeness (QED) is 0.631. The van der Waals surface area contributed by atoms with Gasteiger partial charge in [-0.05, 0) is 31.1 Å². The average molecular weight is 156 g/mol. The average Bonchev–Trinajstić information content (AvgIpc) is 1.85. The van der Waals surface area contributed by atoms with Crippen LogP contribution < -0.4 is 0 Å². The van der Waals surface area contributed by atoms with E-state index in [2.05, 4.69) is 13.8 Å². The summed E-state index contributed by atoms with van der Waals surface area (Å²) in [6, 6.07) is 0. The third kappa shape index (κ3) is 1.95. The monoisotopic (exact) mass is 156 g/mol. The first-order chi connectivity index (χ1) is 5.11. The number of hydrogen-bond acceptors (Lipinski definition) is 1. The Bertz CT molecular complexity index is 154. The largest absolute Gasteiger partial charge is 0.481 e. The van der Waals surface area contributed by atoms with Crippen LogP contribution in [0.4, 0.5) is 0 Å². The van der Waals surface area contributed by atoms with Gasteiger partial charge in [0.1, 0.15) is 0 Å². The second kappa shape index (κ2) is 3.24. The van der Waals surface area contributed by atoms with Gasteiger partial charge in [-0.3, -0.25) is 4.79 Å². The van der Waals surface area contributed by atoms with Crippen molar-refractivity contribution in [2.75, 3.05) is 0 Å². The molecule has 0 heterocycles. The molecule has 1 aliphatic carbocycles. The van der Waals surface area contributed by atoms with Crippen molar-refractivity contribution in [3.05, 3.63) is 0 Å². The van der Waals surface area contributed by atoms with E-state index >= 15 is 0 Å². The molecule has 1 N–H and O–H groups in total. The van der Waals surface area contributed by atoms with E-state index in [1.807, 2.05) is 0 Å². The summed E-state index contributed by atoms with van der Waals surface area (Å²) in [5, 5.41) is 8.79. The lowest BCUT2D eigenvalue weighted by molar-refractivity contribution is -0.145. The topological polar surface area (TPSA) is 37.3 Å². The van der Waals surface area contributed by atoms with Gasteiger partial charge in [-0.2, -0.15) is 0 Å². The molecular weight excluding hydrogens is 140 g/mol. The van der Waals surface area contributed by atoms with Crippen LogP contribution in [0.3, 0.4) is 0 Å². The highest BCUT2D eigenvalue weighted by Gasteiger charge is 2.30. The highest BCUT2D eigenvalue weighted by Crippen LogP contribution is 2.33. The van der Waals surface area contributed by atoms with Crippen LogP contribution in [-0.2, 0) is 4.79 Å². The Morgan fingerprint density at radius 3 is 2.45 bits per heavy atom.